The number of carbonyl (C=O) groups excluding carboxylic acids is 2. The van der Waals surface area contributed by atoms with Gasteiger partial charge in [-0.25, -0.2) is 8.42 Å². The van der Waals surface area contributed by atoms with Crippen LogP contribution in [0, 0.1) is 13.8 Å². The molecule has 4 rings (SSSR count). The molecule has 3 aromatic carbocycles. The molecule has 3 aromatic rings. The maximum atomic E-state index is 14.1. The van der Waals surface area contributed by atoms with Crippen LogP contribution in [-0.2, 0) is 26.2 Å². The van der Waals surface area contributed by atoms with Crippen LogP contribution in [0.3, 0.4) is 0 Å². The molecule has 1 aliphatic rings. The molecule has 41 heavy (non-hydrogen) atoms. The van der Waals surface area contributed by atoms with E-state index in [1.54, 1.807) is 67.6 Å². The Kier molecular flexibility index (Phi) is 10.1. The summed E-state index contributed by atoms with van der Waals surface area (Å²) in [6, 6.07) is 19.9. The first-order valence-electron chi connectivity index (χ1n) is 14.0. The summed E-state index contributed by atoms with van der Waals surface area (Å²) in [4.78, 5) is 29.0. The van der Waals surface area contributed by atoms with Crippen LogP contribution < -0.4 is 9.62 Å². The number of sulfonamides is 1. The standard InChI is InChI=1S/C32H38ClN3O4S/c1-23-15-17-30(18-16-23)41(39,40)36(29-14-7-9-24(2)19-29)22-31(37)35(21-26-10-8-11-27(33)20-26)25(3)32(38)34-28-12-5-4-6-13-28/h7-11,14-20,25,28H,4-6,12-13,21-22H2,1-3H3,(H,34,38). The van der Waals surface area contributed by atoms with E-state index in [2.05, 4.69) is 5.32 Å². The topological polar surface area (TPSA) is 86.8 Å². The highest BCUT2D eigenvalue weighted by Crippen LogP contribution is 2.26. The van der Waals surface area contributed by atoms with Crippen LogP contribution in [-0.4, -0.2) is 43.8 Å². The van der Waals surface area contributed by atoms with E-state index in [1.807, 2.05) is 26.0 Å². The molecule has 9 heteroatoms. The smallest absolute Gasteiger partial charge is 0.264 e. The molecule has 1 fully saturated rings. The molecule has 0 radical (unpaired) electrons. The van der Waals surface area contributed by atoms with Crippen LogP contribution in [0.5, 0.6) is 0 Å². The number of anilines is 1. The van der Waals surface area contributed by atoms with E-state index in [-0.39, 0.29) is 23.4 Å². The van der Waals surface area contributed by atoms with Gasteiger partial charge in [-0.3, -0.25) is 13.9 Å². The monoisotopic (exact) mass is 595 g/mol. The lowest BCUT2D eigenvalue weighted by Crippen LogP contribution is -2.53. The Morgan fingerprint density at radius 2 is 1.61 bits per heavy atom. The summed E-state index contributed by atoms with van der Waals surface area (Å²) >= 11 is 6.23. The SMILES string of the molecule is Cc1ccc(S(=O)(=O)N(CC(=O)N(Cc2cccc(Cl)c2)C(C)C(=O)NC2CCCCC2)c2cccc(C)c2)cc1. The minimum absolute atomic E-state index is 0.0764. The van der Waals surface area contributed by atoms with Gasteiger partial charge < -0.3 is 10.2 Å². The lowest BCUT2D eigenvalue weighted by atomic mass is 9.95. The fourth-order valence-corrected chi connectivity index (χ4v) is 6.75. The molecule has 1 unspecified atom stereocenters. The lowest BCUT2D eigenvalue weighted by Gasteiger charge is -2.33. The Morgan fingerprint density at radius 1 is 0.927 bits per heavy atom. The Bertz CT molecular complexity index is 1470. The van der Waals surface area contributed by atoms with E-state index < -0.39 is 28.5 Å². The van der Waals surface area contributed by atoms with Crippen molar-refractivity contribution in [1.29, 1.82) is 0 Å². The van der Waals surface area contributed by atoms with Crippen molar-refractivity contribution in [3.05, 3.63) is 94.5 Å². The van der Waals surface area contributed by atoms with Gasteiger partial charge >= 0.3 is 0 Å². The van der Waals surface area contributed by atoms with Crippen LogP contribution in [0.15, 0.2) is 77.7 Å². The van der Waals surface area contributed by atoms with E-state index >= 15 is 0 Å². The first-order valence-corrected chi connectivity index (χ1v) is 15.9. The zero-order chi connectivity index (χ0) is 29.6. The van der Waals surface area contributed by atoms with Gasteiger partial charge in [-0.2, -0.15) is 0 Å². The van der Waals surface area contributed by atoms with Crippen molar-refractivity contribution in [3.8, 4) is 0 Å². The Hall–Kier alpha value is -3.36. The second-order valence-electron chi connectivity index (χ2n) is 10.8. The fourth-order valence-electron chi connectivity index (χ4n) is 5.13. The predicted molar refractivity (Wildman–Crippen MR) is 163 cm³/mol. The summed E-state index contributed by atoms with van der Waals surface area (Å²) in [7, 11) is -4.10. The summed E-state index contributed by atoms with van der Waals surface area (Å²) in [5.41, 5.74) is 2.90. The van der Waals surface area contributed by atoms with Crippen molar-refractivity contribution in [1.82, 2.24) is 10.2 Å². The first kappa shape index (κ1) is 30.6. The number of nitrogens with one attached hydrogen (secondary N) is 1. The number of aryl methyl sites for hydroxylation is 2. The summed E-state index contributed by atoms with van der Waals surface area (Å²) < 4.78 is 29.0. The van der Waals surface area contributed by atoms with Crippen LogP contribution in [0.1, 0.15) is 55.7 Å². The highest BCUT2D eigenvalue weighted by atomic mass is 35.5. The molecule has 0 aromatic heterocycles. The average Bonchev–Trinajstić information content (AvgIpc) is 2.95. The molecule has 1 N–H and O–H groups in total. The molecular formula is C32H38ClN3O4S. The second kappa shape index (κ2) is 13.5. The van der Waals surface area contributed by atoms with Crippen molar-refractivity contribution in [2.75, 3.05) is 10.8 Å². The highest BCUT2D eigenvalue weighted by Gasteiger charge is 2.33. The van der Waals surface area contributed by atoms with Crippen molar-refractivity contribution >= 4 is 39.1 Å². The van der Waals surface area contributed by atoms with E-state index in [9.17, 15) is 18.0 Å². The minimum atomic E-state index is -4.10. The molecule has 218 valence electrons. The molecule has 7 nitrogen and oxygen atoms in total. The summed E-state index contributed by atoms with van der Waals surface area (Å²) in [5, 5.41) is 3.63. The van der Waals surface area contributed by atoms with Crippen LogP contribution in [0.4, 0.5) is 5.69 Å². The average molecular weight is 596 g/mol. The lowest BCUT2D eigenvalue weighted by molar-refractivity contribution is -0.139. The number of rotatable bonds is 10. The molecule has 0 spiro atoms. The van der Waals surface area contributed by atoms with Crippen LogP contribution in [0.2, 0.25) is 5.02 Å². The van der Waals surface area contributed by atoms with Gasteiger partial charge in [0, 0.05) is 17.6 Å². The van der Waals surface area contributed by atoms with Crippen LogP contribution in [0.25, 0.3) is 0 Å². The summed E-state index contributed by atoms with van der Waals surface area (Å²) in [6.07, 6.45) is 5.11. The minimum Gasteiger partial charge on any atom is -0.352 e. The van der Waals surface area contributed by atoms with Gasteiger partial charge in [0.15, 0.2) is 0 Å². The Labute approximate surface area is 248 Å². The largest absolute Gasteiger partial charge is 0.352 e. The molecule has 1 atom stereocenters. The number of amides is 2. The summed E-state index contributed by atoms with van der Waals surface area (Å²) in [5.74, 6) is -0.746. The van der Waals surface area contributed by atoms with Gasteiger partial charge in [-0.1, -0.05) is 72.8 Å². The quantitative estimate of drug-likeness (QED) is 0.311. The Balaban J connectivity index is 1.68. The van der Waals surface area contributed by atoms with Gasteiger partial charge in [0.2, 0.25) is 11.8 Å². The van der Waals surface area contributed by atoms with Crippen LogP contribution >= 0.6 is 11.6 Å². The Morgan fingerprint density at radius 3 is 2.27 bits per heavy atom. The zero-order valence-electron chi connectivity index (χ0n) is 23.8. The molecule has 0 bridgehead atoms. The van der Waals surface area contributed by atoms with Crippen molar-refractivity contribution in [2.24, 2.45) is 0 Å². The third-order valence-corrected chi connectivity index (χ3v) is 9.56. The third kappa shape index (κ3) is 7.89. The van der Waals surface area contributed by atoms with Gasteiger partial charge in [0.05, 0.1) is 10.6 Å². The zero-order valence-corrected chi connectivity index (χ0v) is 25.4. The molecule has 0 aliphatic heterocycles. The normalized spacial score (nSPS) is 14.7. The van der Waals surface area contributed by atoms with Gasteiger partial charge in [-0.15, -0.1) is 0 Å². The maximum Gasteiger partial charge on any atom is 0.264 e. The van der Waals surface area contributed by atoms with E-state index in [0.29, 0.717) is 10.7 Å². The van der Waals surface area contributed by atoms with Crippen molar-refractivity contribution < 1.29 is 18.0 Å². The van der Waals surface area contributed by atoms with Gasteiger partial charge in [0.1, 0.15) is 12.6 Å². The number of carbonyl (C=O) groups is 2. The molecular weight excluding hydrogens is 558 g/mol. The first-order chi connectivity index (χ1) is 19.5. The van der Waals surface area contributed by atoms with Crippen molar-refractivity contribution in [3.63, 3.8) is 0 Å². The van der Waals surface area contributed by atoms with E-state index in [4.69, 9.17) is 11.6 Å². The maximum absolute atomic E-state index is 14.1. The molecule has 1 aliphatic carbocycles. The highest BCUT2D eigenvalue weighted by molar-refractivity contribution is 7.92. The second-order valence-corrected chi connectivity index (χ2v) is 13.1. The number of nitrogens with zero attached hydrogens (tertiary/aromatic N) is 2. The van der Waals surface area contributed by atoms with E-state index in [0.717, 1.165) is 53.1 Å². The van der Waals surface area contributed by atoms with Crippen molar-refractivity contribution in [2.45, 2.75) is 76.4 Å². The number of hydrogen-bond donors (Lipinski definition) is 1. The molecule has 0 heterocycles. The molecule has 1 saturated carbocycles. The molecule has 2 amide bonds. The fraction of sp³-hybridized carbons (Fsp3) is 0.375. The van der Waals surface area contributed by atoms with E-state index in [1.165, 1.54) is 4.90 Å². The van der Waals surface area contributed by atoms with Gasteiger partial charge in [0.25, 0.3) is 10.0 Å². The number of halogens is 1. The van der Waals surface area contributed by atoms with Gasteiger partial charge in [-0.05, 0) is 81.1 Å². The number of hydrogen-bond acceptors (Lipinski definition) is 4. The summed E-state index contributed by atoms with van der Waals surface area (Å²) in [6.45, 7) is 5.06. The predicted octanol–water partition coefficient (Wildman–Crippen LogP) is 6.02. The molecule has 0 saturated heterocycles. The third-order valence-electron chi connectivity index (χ3n) is 7.54. The number of benzene rings is 3.